The van der Waals surface area contributed by atoms with Crippen molar-refractivity contribution < 1.29 is 23.9 Å². The Morgan fingerprint density at radius 2 is 1.74 bits per heavy atom. The summed E-state index contributed by atoms with van der Waals surface area (Å²) in [5.74, 6) is -0.455. The highest BCUT2D eigenvalue weighted by Gasteiger charge is 2.14. The van der Waals surface area contributed by atoms with Crippen LogP contribution in [0.15, 0.2) is 24.3 Å². The molecular formula is C20H30N2O5. The Morgan fingerprint density at radius 3 is 2.33 bits per heavy atom. The van der Waals surface area contributed by atoms with Crippen molar-refractivity contribution in [2.24, 2.45) is 5.92 Å². The van der Waals surface area contributed by atoms with E-state index in [4.69, 9.17) is 9.47 Å². The molecule has 0 spiro atoms. The van der Waals surface area contributed by atoms with Crippen molar-refractivity contribution >= 4 is 17.8 Å². The van der Waals surface area contributed by atoms with Gasteiger partial charge in [-0.25, -0.2) is 0 Å². The van der Waals surface area contributed by atoms with Gasteiger partial charge < -0.3 is 20.1 Å². The van der Waals surface area contributed by atoms with Crippen LogP contribution in [0, 0.1) is 5.92 Å². The number of esters is 1. The van der Waals surface area contributed by atoms with Gasteiger partial charge in [0.05, 0.1) is 6.61 Å². The number of carbonyl (C=O) groups excluding carboxylic acids is 3. The predicted molar refractivity (Wildman–Crippen MR) is 103 cm³/mol. The topological polar surface area (TPSA) is 93.7 Å². The van der Waals surface area contributed by atoms with Crippen LogP contribution >= 0.6 is 0 Å². The summed E-state index contributed by atoms with van der Waals surface area (Å²) in [4.78, 5) is 35.4. The molecule has 7 heteroatoms. The summed E-state index contributed by atoms with van der Waals surface area (Å²) in [6, 6.07) is 6.67. The molecule has 0 saturated heterocycles. The van der Waals surface area contributed by atoms with Crippen molar-refractivity contribution in [2.45, 2.75) is 46.6 Å². The molecule has 1 rings (SSSR count). The molecule has 7 nitrogen and oxygen atoms in total. The van der Waals surface area contributed by atoms with Crippen LogP contribution in [-0.2, 0) is 14.3 Å². The second kappa shape index (κ2) is 11.9. The monoisotopic (exact) mass is 378 g/mol. The number of hydrogen-bond acceptors (Lipinski definition) is 5. The molecule has 0 bridgehead atoms. The maximum atomic E-state index is 12.0. The number of ether oxygens (including phenoxy) is 2. The van der Waals surface area contributed by atoms with Crippen molar-refractivity contribution in [3.8, 4) is 5.75 Å². The van der Waals surface area contributed by atoms with E-state index in [2.05, 4.69) is 17.6 Å². The van der Waals surface area contributed by atoms with Crippen LogP contribution < -0.4 is 15.4 Å². The lowest BCUT2D eigenvalue weighted by Crippen LogP contribution is -2.39. The van der Waals surface area contributed by atoms with Crippen molar-refractivity contribution in [1.29, 1.82) is 0 Å². The Hall–Kier alpha value is -2.57. The van der Waals surface area contributed by atoms with Gasteiger partial charge in [0.1, 0.15) is 12.3 Å². The van der Waals surface area contributed by atoms with Gasteiger partial charge in [0.2, 0.25) is 0 Å². The Balaban J connectivity index is 2.32. The lowest BCUT2D eigenvalue weighted by Gasteiger charge is -2.17. The molecule has 0 fully saturated rings. The van der Waals surface area contributed by atoms with Crippen LogP contribution in [0.5, 0.6) is 5.75 Å². The zero-order chi connectivity index (χ0) is 20.2. The summed E-state index contributed by atoms with van der Waals surface area (Å²) in [7, 11) is 0. The Labute approximate surface area is 160 Å². The van der Waals surface area contributed by atoms with Gasteiger partial charge in [-0.05, 0) is 43.5 Å². The second-order valence-corrected chi connectivity index (χ2v) is 6.67. The van der Waals surface area contributed by atoms with Crippen LogP contribution in [0.2, 0.25) is 0 Å². The lowest BCUT2D eigenvalue weighted by atomic mass is 10.1. The van der Waals surface area contributed by atoms with Gasteiger partial charge in [-0.2, -0.15) is 0 Å². The first-order chi connectivity index (χ1) is 12.8. The molecule has 0 heterocycles. The first-order valence-corrected chi connectivity index (χ1v) is 9.29. The average molecular weight is 378 g/mol. The molecule has 2 N–H and O–H groups in total. The van der Waals surface area contributed by atoms with Gasteiger partial charge in [0.25, 0.3) is 11.8 Å². The molecule has 1 atom stereocenters. The van der Waals surface area contributed by atoms with Crippen LogP contribution in [-0.4, -0.2) is 43.6 Å². The van der Waals surface area contributed by atoms with Crippen molar-refractivity contribution in [2.75, 3.05) is 19.8 Å². The normalized spacial score (nSPS) is 11.6. The molecule has 1 aromatic rings. The summed E-state index contributed by atoms with van der Waals surface area (Å²) < 4.78 is 10.4. The molecule has 2 amide bonds. The Bertz CT molecular complexity index is 613. The number of unbranched alkanes of at least 4 members (excludes halogenated alkanes) is 1. The first-order valence-electron chi connectivity index (χ1n) is 9.29. The number of carbonyl (C=O) groups is 3. The Morgan fingerprint density at radius 1 is 1.07 bits per heavy atom. The summed E-state index contributed by atoms with van der Waals surface area (Å²) in [6.07, 6.45) is 2.02. The first kappa shape index (κ1) is 22.5. The third kappa shape index (κ3) is 9.08. The highest BCUT2D eigenvalue weighted by molar-refractivity contribution is 5.96. The van der Waals surface area contributed by atoms with E-state index in [1.54, 1.807) is 24.3 Å². The minimum absolute atomic E-state index is 0.00942. The highest BCUT2D eigenvalue weighted by Crippen LogP contribution is 2.12. The van der Waals surface area contributed by atoms with E-state index in [0.29, 0.717) is 17.9 Å². The van der Waals surface area contributed by atoms with Gasteiger partial charge in [-0.15, -0.1) is 0 Å². The molecule has 0 aliphatic carbocycles. The molecule has 150 valence electrons. The van der Waals surface area contributed by atoms with Gasteiger partial charge in [0.15, 0.2) is 6.61 Å². The van der Waals surface area contributed by atoms with E-state index in [1.165, 1.54) is 0 Å². The minimum atomic E-state index is -0.671. The molecule has 0 aromatic heterocycles. The average Bonchev–Trinajstić information content (AvgIpc) is 2.65. The SMILES string of the molecule is CCCCOc1ccc(C(=O)NCC(=O)OCC(=O)NC(C)C(C)C)cc1. The third-order valence-electron chi connectivity index (χ3n) is 4.03. The zero-order valence-corrected chi connectivity index (χ0v) is 16.5. The fourth-order valence-corrected chi connectivity index (χ4v) is 1.95. The smallest absolute Gasteiger partial charge is 0.325 e. The summed E-state index contributed by atoms with van der Waals surface area (Å²) in [6.45, 7) is 7.89. The van der Waals surface area contributed by atoms with Crippen LogP contribution in [0.1, 0.15) is 50.9 Å². The van der Waals surface area contributed by atoms with Gasteiger partial charge in [-0.3, -0.25) is 14.4 Å². The molecule has 0 radical (unpaired) electrons. The fourth-order valence-electron chi connectivity index (χ4n) is 1.95. The summed E-state index contributed by atoms with van der Waals surface area (Å²) >= 11 is 0. The van der Waals surface area contributed by atoms with Gasteiger partial charge in [0, 0.05) is 11.6 Å². The van der Waals surface area contributed by atoms with E-state index in [0.717, 1.165) is 12.8 Å². The van der Waals surface area contributed by atoms with Crippen LogP contribution in [0.25, 0.3) is 0 Å². The Kier molecular flexibility index (Phi) is 9.93. The third-order valence-corrected chi connectivity index (χ3v) is 4.03. The maximum Gasteiger partial charge on any atom is 0.325 e. The lowest BCUT2D eigenvalue weighted by molar-refractivity contribution is -0.147. The zero-order valence-electron chi connectivity index (χ0n) is 16.5. The fraction of sp³-hybridized carbons (Fsp3) is 0.550. The molecule has 0 aliphatic rings. The predicted octanol–water partition coefficient (Wildman–Crippen LogP) is 2.30. The molecular weight excluding hydrogens is 348 g/mol. The van der Waals surface area contributed by atoms with Crippen LogP contribution in [0.4, 0.5) is 0 Å². The molecule has 1 aromatic carbocycles. The standard InChI is InChI=1S/C20H30N2O5/c1-5-6-11-26-17-9-7-16(8-10-17)20(25)21-12-19(24)27-13-18(23)22-15(4)14(2)3/h7-10,14-15H,5-6,11-13H2,1-4H3,(H,21,25)(H,22,23). The number of nitrogens with one attached hydrogen (secondary N) is 2. The quantitative estimate of drug-likeness (QED) is 0.455. The van der Waals surface area contributed by atoms with E-state index in [9.17, 15) is 14.4 Å². The van der Waals surface area contributed by atoms with E-state index < -0.39 is 11.9 Å². The van der Waals surface area contributed by atoms with Gasteiger partial charge in [-0.1, -0.05) is 27.2 Å². The second-order valence-electron chi connectivity index (χ2n) is 6.67. The van der Waals surface area contributed by atoms with Crippen LogP contribution in [0.3, 0.4) is 0 Å². The number of benzene rings is 1. The summed E-state index contributed by atoms with van der Waals surface area (Å²) in [5, 5.41) is 5.20. The molecule has 0 saturated carbocycles. The van der Waals surface area contributed by atoms with Crippen molar-refractivity contribution in [1.82, 2.24) is 10.6 Å². The van der Waals surface area contributed by atoms with E-state index >= 15 is 0 Å². The van der Waals surface area contributed by atoms with E-state index in [-0.39, 0.29) is 31.0 Å². The van der Waals surface area contributed by atoms with Gasteiger partial charge >= 0.3 is 5.97 Å². The molecule has 27 heavy (non-hydrogen) atoms. The van der Waals surface area contributed by atoms with Crippen molar-refractivity contribution in [3.63, 3.8) is 0 Å². The minimum Gasteiger partial charge on any atom is -0.494 e. The summed E-state index contributed by atoms with van der Waals surface area (Å²) in [5.41, 5.74) is 0.411. The molecule has 1 unspecified atom stereocenters. The van der Waals surface area contributed by atoms with E-state index in [1.807, 2.05) is 20.8 Å². The number of rotatable bonds is 11. The largest absolute Gasteiger partial charge is 0.494 e. The maximum absolute atomic E-state index is 12.0. The highest BCUT2D eigenvalue weighted by atomic mass is 16.5. The number of amides is 2. The van der Waals surface area contributed by atoms with Crippen molar-refractivity contribution in [3.05, 3.63) is 29.8 Å². The number of hydrogen-bond donors (Lipinski definition) is 2. The molecule has 0 aliphatic heterocycles.